The molecule has 0 radical (unpaired) electrons. The maximum absolute atomic E-state index is 6.15. The number of hydrogen-bond donors (Lipinski definition) is 1. The third-order valence-electron chi connectivity index (χ3n) is 2.86. The molecule has 0 fully saturated rings. The smallest absolute Gasteiger partial charge is 0.0908 e. The molecule has 1 N–H and O–H groups in total. The molecule has 0 spiro atoms. The maximum Gasteiger partial charge on any atom is 0.0908 e. The number of benzene rings is 2. The van der Waals surface area contributed by atoms with Gasteiger partial charge in [-0.3, -0.25) is 4.98 Å². The number of halogens is 2. The minimum absolute atomic E-state index is 0.639. The molecule has 4 heteroatoms. The van der Waals surface area contributed by atoms with Gasteiger partial charge < -0.3 is 5.32 Å². The molecule has 0 aliphatic rings. The van der Waals surface area contributed by atoms with Gasteiger partial charge in [-0.2, -0.15) is 0 Å². The second-order valence-electron chi connectivity index (χ2n) is 4.10. The molecule has 2 aromatic carbocycles. The summed E-state index contributed by atoms with van der Waals surface area (Å²) in [6, 6.07) is 15.2. The Kier molecular flexibility index (Phi) is 3.28. The molecule has 94 valence electrons. The van der Waals surface area contributed by atoms with E-state index in [9.17, 15) is 0 Å². The Morgan fingerprint density at radius 2 is 1.58 bits per heavy atom. The average Bonchev–Trinajstić information content (AvgIpc) is 2.42. The highest BCUT2D eigenvalue weighted by atomic mass is 35.5. The predicted molar refractivity (Wildman–Crippen MR) is 81.5 cm³/mol. The van der Waals surface area contributed by atoms with Gasteiger partial charge in [0.25, 0.3) is 0 Å². The molecule has 0 bridgehead atoms. The number of nitrogens with one attached hydrogen (secondary N) is 1. The van der Waals surface area contributed by atoms with Crippen LogP contribution in [0.25, 0.3) is 10.9 Å². The number of nitrogens with zero attached hydrogens (tertiary/aromatic N) is 1. The zero-order valence-electron chi connectivity index (χ0n) is 9.90. The van der Waals surface area contributed by atoms with Crippen molar-refractivity contribution in [2.24, 2.45) is 0 Å². The molecule has 1 aromatic heterocycles. The lowest BCUT2D eigenvalue weighted by Crippen LogP contribution is -1.93. The second kappa shape index (κ2) is 5.08. The summed E-state index contributed by atoms with van der Waals surface area (Å²) in [6.07, 6.45) is 1.73. The molecule has 0 aliphatic heterocycles. The van der Waals surface area contributed by atoms with Crippen molar-refractivity contribution in [3.05, 3.63) is 64.8 Å². The first-order valence-corrected chi connectivity index (χ1v) is 6.56. The summed E-state index contributed by atoms with van der Waals surface area (Å²) in [7, 11) is 0. The van der Waals surface area contributed by atoms with Crippen LogP contribution < -0.4 is 5.32 Å². The van der Waals surface area contributed by atoms with Crippen LogP contribution in [0.5, 0.6) is 0 Å². The van der Waals surface area contributed by atoms with Gasteiger partial charge in [0, 0.05) is 17.3 Å². The summed E-state index contributed by atoms with van der Waals surface area (Å²) in [5, 5.41) is 5.59. The molecule has 0 saturated heterocycles. The van der Waals surface area contributed by atoms with Gasteiger partial charge in [-0.1, -0.05) is 47.5 Å². The predicted octanol–water partition coefficient (Wildman–Crippen LogP) is 5.29. The van der Waals surface area contributed by atoms with Crippen molar-refractivity contribution in [3.8, 4) is 0 Å². The van der Waals surface area contributed by atoms with Gasteiger partial charge in [-0.25, -0.2) is 0 Å². The zero-order valence-corrected chi connectivity index (χ0v) is 11.4. The molecule has 3 rings (SSSR count). The van der Waals surface area contributed by atoms with E-state index in [0.717, 1.165) is 22.3 Å². The van der Waals surface area contributed by atoms with E-state index < -0.39 is 0 Å². The normalized spacial score (nSPS) is 10.6. The van der Waals surface area contributed by atoms with Crippen LogP contribution in [0, 0.1) is 0 Å². The monoisotopic (exact) mass is 288 g/mol. The van der Waals surface area contributed by atoms with Crippen LogP contribution in [0.15, 0.2) is 54.7 Å². The van der Waals surface area contributed by atoms with Crippen LogP contribution in [0.4, 0.5) is 11.4 Å². The number of pyridine rings is 1. The van der Waals surface area contributed by atoms with Gasteiger partial charge in [-0.05, 0) is 24.3 Å². The minimum atomic E-state index is 0.639. The van der Waals surface area contributed by atoms with Gasteiger partial charge in [0.1, 0.15) is 0 Å². The Hall–Kier alpha value is -1.77. The zero-order chi connectivity index (χ0) is 13.2. The highest BCUT2D eigenvalue weighted by Gasteiger charge is 2.06. The lowest BCUT2D eigenvalue weighted by atomic mass is 10.2. The fourth-order valence-corrected chi connectivity index (χ4v) is 2.36. The summed E-state index contributed by atoms with van der Waals surface area (Å²) in [4.78, 5) is 4.30. The number of para-hydroxylation sites is 2. The Bertz CT molecular complexity index is 741. The molecule has 0 unspecified atom stereocenters. The van der Waals surface area contributed by atoms with Crippen molar-refractivity contribution in [1.29, 1.82) is 0 Å². The molecule has 0 aliphatic carbocycles. The first-order chi connectivity index (χ1) is 9.25. The van der Waals surface area contributed by atoms with Crippen molar-refractivity contribution >= 4 is 45.5 Å². The molecule has 3 aromatic rings. The first kappa shape index (κ1) is 12.3. The lowest BCUT2D eigenvalue weighted by Gasteiger charge is -2.11. The molecule has 0 atom stereocenters. The van der Waals surface area contributed by atoms with E-state index in [1.54, 1.807) is 6.20 Å². The minimum Gasteiger partial charge on any atom is -0.354 e. The summed E-state index contributed by atoms with van der Waals surface area (Å²) in [5.41, 5.74) is 2.57. The summed E-state index contributed by atoms with van der Waals surface area (Å²) in [6.45, 7) is 0. The van der Waals surface area contributed by atoms with E-state index >= 15 is 0 Å². The van der Waals surface area contributed by atoms with E-state index in [1.165, 1.54) is 0 Å². The van der Waals surface area contributed by atoms with E-state index in [0.29, 0.717) is 10.0 Å². The van der Waals surface area contributed by atoms with E-state index in [-0.39, 0.29) is 0 Å². The van der Waals surface area contributed by atoms with E-state index in [2.05, 4.69) is 10.3 Å². The third-order valence-corrected chi connectivity index (χ3v) is 3.50. The highest BCUT2D eigenvalue weighted by Crippen LogP contribution is 2.31. The van der Waals surface area contributed by atoms with Crippen LogP contribution in [0.3, 0.4) is 0 Å². The van der Waals surface area contributed by atoms with Gasteiger partial charge in [0.15, 0.2) is 0 Å². The maximum atomic E-state index is 6.15. The van der Waals surface area contributed by atoms with Gasteiger partial charge in [0.05, 0.1) is 21.2 Å². The van der Waals surface area contributed by atoms with Crippen molar-refractivity contribution in [2.75, 3.05) is 5.32 Å². The number of fused-ring (bicyclic) bond motifs is 1. The summed E-state index contributed by atoms with van der Waals surface area (Å²) < 4.78 is 0. The standard InChI is InChI=1S/C15H10Cl2N2/c16-11-5-1-2-7-14(11)19-13-8-9-18-15-10(13)4-3-6-12(15)17/h1-9H,(H,18,19). The number of rotatable bonds is 2. The van der Waals surface area contributed by atoms with Crippen molar-refractivity contribution in [3.63, 3.8) is 0 Å². The Labute approximate surface area is 121 Å². The second-order valence-corrected chi connectivity index (χ2v) is 4.91. The highest BCUT2D eigenvalue weighted by molar-refractivity contribution is 6.35. The van der Waals surface area contributed by atoms with E-state index in [1.807, 2.05) is 48.5 Å². The largest absolute Gasteiger partial charge is 0.354 e. The molecule has 1 heterocycles. The summed E-state index contributed by atoms with van der Waals surface area (Å²) >= 11 is 12.3. The topological polar surface area (TPSA) is 24.9 Å². The van der Waals surface area contributed by atoms with Gasteiger partial charge >= 0.3 is 0 Å². The quantitative estimate of drug-likeness (QED) is 0.693. The molecule has 2 nitrogen and oxygen atoms in total. The Balaban J connectivity index is 2.12. The van der Waals surface area contributed by atoms with Crippen LogP contribution in [0.1, 0.15) is 0 Å². The number of hydrogen-bond acceptors (Lipinski definition) is 2. The van der Waals surface area contributed by atoms with E-state index in [4.69, 9.17) is 23.2 Å². The van der Waals surface area contributed by atoms with Crippen molar-refractivity contribution in [2.45, 2.75) is 0 Å². The molecule has 19 heavy (non-hydrogen) atoms. The van der Waals surface area contributed by atoms with Crippen molar-refractivity contribution in [1.82, 2.24) is 4.98 Å². The third kappa shape index (κ3) is 2.37. The molecule has 0 amide bonds. The Morgan fingerprint density at radius 1 is 0.789 bits per heavy atom. The molecular weight excluding hydrogens is 279 g/mol. The molecular formula is C15H10Cl2N2. The first-order valence-electron chi connectivity index (χ1n) is 5.80. The summed E-state index contributed by atoms with van der Waals surface area (Å²) in [5.74, 6) is 0. The lowest BCUT2D eigenvalue weighted by molar-refractivity contribution is 1.40. The van der Waals surface area contributed by atoms with Crippen LogP contribution in [-0.4, -0.2) is 4.98 Å². The van der Waals surface area contributed by atoms with Gasteiger partial charge in [-0.15, -0.1) is 0 Å². The average molecular weight is 289 g/mol. The molecule has 0 saturated carbocycles. The number of anilines is 2. The van der Waals surface area contributed by atoms with Crippen LogP contribution >= 0.6 is 23.2 Å². The van der Waals surface area contributed by atoms with Crippen molar-refractivity contribution < 1.29 is 0 Å². The fourth-order valence-electron chi connectivity index (χ4n) is 1.96. The number of aromatic nitrogens is 1. The SMILES string of the molecule is Clc1ccccc1Nc1ccnc2c(Cl)cccc12. The fraction of sp³-hybridized carbons (Fsp3) is 0. The van der Waals surface area contributed by atoms with Crippen LogP contribution in [0.2, 0.25) is 10.0 Å². The van der Waals surface area contributed by atoms with Crippen LogP contribution in [-0.2, 0) is 0 Å². The Morgan fingerprint density at radius 3 is 2.42 bits per heavy atom. The van der Waals surface area contributed by atoms with Gasteiger partial charge in [0.2, 0.25) is 0 Å².